The maximum Gasteiger partial charge on any atom is 0.339 e. The van der Waals surface area contributed by atoms with Gasteiger partial charge in [-0.3, -0.25) is 4.79 Å². The van der Waals surface area contributed by atoms with Crippen LogP contribution in [0.5, 0.6) is 5.75 Å². The first-order valence-corrected chi connectivity index (χ1v) is 7.18. The first kappa shape index (κ1) is 16.0. The molecule has 0 aliphatic heterocycles. The van der Waals surface area contributed by atoms with Gasteiger partial charge < -0.3 is 14.8 Å². The highest BCUT2D eigenvalue weighted by Gasteiger charge is 2.16. The molecule has 22 heavy (non-hydrogen) atoms. The number of anilines is 1. The monoisotopic (exact) mass is 363 g/mol. The Kier molecular flexibility index (Phi) is 5.16. The molecule has 0 bridgehead atoms. The molecule has 0 unspecified atom stereocenters. The van der Waals surface area contributed by atoms with Crippen molar-refractivity contribution in [1.82, 2.24) is 0 Å². The van der Waals surface area contributed by atoms with Crippen molar-refractivity contribution in [2.24, 2.45) is 0 Å². The van der Waals surface area contributed by atoms with Crippen molar-refractivity contribution in [2.45, 2.75) is 0 Å². The largest absolute Gasteiger partial charge is 0.497 e. The molecule has 0 aliphatic carbocycles. The highest BCUT2D eigenvalue weighted by molar-refractivity contribution is 9.10. The van der Waals surface area contributed by atoms with Crippen LogP contribution in [-0.4, -0.2) is 26.1 Å². The summed E-state index contributed by atoms with van der Waals surface area (Å²) in [5.74, 6) is -0.308. The van der Waals surface area contributed by atoms with Crippen LogP contribution in [0.15, 0.2) is 46.9 Å². The molecule has 0 saturated heterocycles. The molecule has 114 valence electrons. The van der Waals surface area contributed by atoms with Gasteiger partial charge in [0, 0.05) is 4.47 Å². The fourth-order valence-electron chi connectivity index (χ4n) is 1.88. The molecule has 2 aromatic rings. The predicted octanol–water partition coefficient (Wildman–Crippen LogP) is 3.50. The lowest BCUT2D eigenvalue weighted by atomic mass is 10.1. The highest BCUT2D eigenvalue weighted by atomic mass is 79.9. The van der Waals surface area contributed by atoms with E-state index in [1.807, 2.05) is 0 Å². The lowest BCUT2D eigenvalue weighted by Crippen LogP contribution is -2.16. The van der Waals surface area contributed by atoms with E-state index in [1.54, 1.807) is 42.5 Å². The zero-order valence-corrected chi connectivity index (χ0v) is 13.6. The lowest BCUT2D eigenvalue weighted by Gasteiger charge is -2.11. The van der Waals surface area contributed by atoms with E-state index in [0.29, 0.717) is 21.5 Å². The van der Waals surface area contributed by atoms with Gasteiger partial charge in [-0.15, -0.1) is 0 Å². The van der Waals surface area contributed by atoms with Crippen LogP contribution in [0.4, 0.5) is 5.69 Å². The molecule has 6 heteroatoms. The van der Waals surface area contributed by atoms with E-state index in [1.165, 1.54) is 14.2 Å². The molecule has 0 fully saturated rings. The summed E-state index contributed by atoms with van der Waals surface area (Å²) in [4.78, 5) is 24.1. The van der Waals surface area contributed by atoms with E-state index in [4.69, 9.17) is 9.47 Å². The second kappa shape index (κ2) is 7.09. The van der Waals surface area contributed by atoms with E-state index in [-0.39, 0.29) is 11.5 Å². The molecule has 0 saturated carbocycles. The molecule has 2 aromatic carbocycles. The predicted molar refractivity (Wildman–Crippen MR) is 86.4 cm³/mol. The standard InChI is InChI=1S/C16H14BrNO4/c1-21-10-7-8-13(17)12(9-10)15(19)18-14-6-4-3-5-11(14)16(20)22-2/h3-9H,1-2H3,(H,18,19). The molecule has 5 nitrogen and oxygen atoms in total. The molecule has 0 spiro atoms. The minimum Gasteiger partial charge on any atom is -0.497 e. The molecule has 1 amide bonds. The van der Waals surface area contributed by atoms with Gasteiger partial charge in [0.25, 0.3) is 5.91 Å². The van der Waals surface area contributed by atoms with Crippen molar-refractivity contribution in [3.8, 4) is 5.75 Å². The van der Waals surface area contributed by atoms with E-state index < -0.39 is 5.97 Å². The van der Waals surface area contributed by atoms with Crippen molar-refractivity contribution in [3.05, 3.63) is 58.1 Å². The Morgan fingerprint density at radius 2 is 1.77 bits per heavy atom. The van der Waals surface area contributed by atoms with Crippen molar-refractivity contribution in [1.29, 1.82) is 0 Å². The maximum atomic E-state index is 12.4. The van der Waals surface area contributed by atoms with E-state index >= 15 is 0 Å². The normalized spacial score (nSPS) is 9.95. The number of ether oxygens (including phenoxy) is 2. The molecule has 0 aromatic heterocycles. The number of para-hydroxylation sites is 1. The van der Waals surface area contributed by atoms with E-state index in [9.17, 15) is 9.59 Å². The second-order valence-electron chi connectivity index (χ2n) is 4.34. The maximum absolute atomic E-state index is 12.4. The van der Waals surface area contributed by atoms with Gasteiger partial charge in [-0.1, -0.05) is 12.1 Å². The molecule has 2 rings (SSSR count). The summed E-state index contributed by atoms with van der Waals surface area (Å²) in [6, 6.07) is 11.7. The van der Waals surface area contributed by atoms with Gasteiger partial charge >= 0.3 is 5.97 Å². The van der Waals surface area contributed by atoms with Gasteiger partial charge in [-0.05, 0) is 46.3 Å². The molecule has 0 heterocycles. The van der Waals surface area contributed by atoms with E-state index in [2.05, 4.69) is 21.2 Å². The average molecular weight is 364 g/mol. The van der Waals surface area contributed by atoms with Crippen LogP contribution in [0.2, 0.25) is 0 Å². The fraction of sp³-hybridized carbons (Fsp3) is 0.125. The van der Waals surface area contributed by atoms with Gasteiger partial charge in [0.2, 0.25) is 0 Å². The Balaban J connectivity index is 2.32. The number of hydrogen-bond acceptors (Lipinski definition) is 4. The first-order valence-electron chi connectivity index (χ1n) is 6.39. The third-order valence-corrected chi connectivity index (χ3v) is 3.69. The highest BCUT2D eigenvalue weighted by Crippen LogP contribution is 2.24. The molecule has 0 atom stereocenters. The summed E-state index contributed by atoms with van der Waals surface area (Å²) in [6.07, 6.45) is 0. The van der Waals surface area contributed by atoms with Gasteiger partial charge in [0.05, 0.1) is 31.0 Å². The molecular formula is C16H14BrNO4. The number of esters is 1. The quantitative estimate of drug-likeness (QED) is 0.844. The minimum atomic E-state index is -0.513. The number of halogens is 1. The van der Waals surface area contributed by atoms with Crippen LogP contribution in [0.3, 0.4) is 0 Å². The number of amides is 1. The van der Waals surface area contributed by atoms with Crippen molar-refractivity contribution >= 4 is 33.5 Å². The summed E-state index contributed by atoms with van der Waals surface area (Å²) in [7, 11) is 2.82. The molecule has 1 N–H and O–H groups in total. The van der Waals surface area contributed by atoms with Gasteiger partial charge in [-0.2, -0.15) is 0 Å². The number of benzene rings is 2. The summed E-state index contributed by atoms with van der Waals surface area (Å²) in [5.41, 5.74) is 1.07. The number of nitrogens with one attached hydrogen (secondary N) is 1. The van der Waals surface area contributed by atoms with Gasteiger partial charge in [0.1, 0.15) is 5.75 Å². The van der Waals surface area contributed by atoms with Crippen LogP contribution in [0.25, 0.3) is 0 Å². The average Bonchev–Trinajstić information content (AvgIpc) is 2.55. The van der Waals surface area contributed by atoms with Crippen molar-refractivity contribution < 1.29 is 19.1 Å². The minimum absolute atomic E-state index is 0.289. The number of methoxy groups -OCH3 is 2. The lowest BCUT2D eigenvalue weighted by molar-refractivity contribution is 0.0602. The molecule has 0 radical (unpaired) electrons. The Morgan fingerprint density at radius 3 is 2.45 bits per heavy atom. The third kappa shape index (κ3) is 3.46. The van der Waals surface area contributed by atoms with Crippen molar-refractivity contribution in [3.63, 3.8) is 0 Å². The van der Waals surface area contributed by atoms with Crippen LogP contribution >= 0.6 is 15.9 Å². The first-order chi connectivity index (χ1) is 10.6. The SMILES string of the molecule is COC(=O)c1ccccc1NC(=O)c1cc(OC)ccc1Br. The number of carbonyl (C=O) groups is 2. The van der Waals surface area contributed by atoms with Crippen LogP contribution in [0.1, 0.15) is 20.7 Å². The zero-order chi connectivity index (χ0) is 16.1. The summed E-state index contributed by atoms with van der Waals surface area (Å²) in [5, 5.41) is 2.71. The van der Waals surface area contributed by atoms with Crippen LogP contribution in [0, 0.1) is 0 Å². The van der Waals surface area contributed by atoms with Crippen LogP contribution in [-0.2, 0) is 4.74 Å². The number of carbonyl (C=O) groups excluding carboxylic acids is 2. The second-order valence-corrected chi connectivity index (χ2v) is 5.19. The topological polar surface area (TPSA) is 64.6 Å². The number of rotatable bonds is 4. The van der Waals surface area contributed by atoms with Gasteiger partial charge in [0.15, 0.2) is 0 Å². The van der Waals surface area contributed by atoms with E-state index in [0.717, 1.165) is 0 Å². The Hall–Kier alpha value is -2.34. The molecular weight excluding hydrogens is 350 g/mol. The third-order valence-electron chi connectivity index (χ3n) is 3.00. The van der Waals surface area contributed by atoms with Gasteiger partial charge in [-0.25, -0.2) is 4.79 Å². The van der Waals surface area contributed by atoms with Crippen molar-refractivity contribution in [2.75, 3.05) is 19.5 Å². The smallest absolute Gasteiger partial charge is 0.339 e. The summed E-state index contributed by atoms with van der Waals surface area (Å²) >= 11 is 3.33. The molecule has 0 aliphatic rings. The Morgan fingerprint density at radius 1 is 1.05 bits per heavy atom. The Bertz CT molecular complexity index is 715. The fourth-order valence-corrected chi connectivity index (χ4v) is 2.30. The zero-order valence-electron chi connectivity index (χ0n) is 12.1. The Labute approximate surface area is 136 Å². The summed E-state index contributed by atoms with van der Waals surface area (Å²) in [6.45, 7) is 0. The number of hydrogen-bond donors (Lipinski definition) is 1. The summed E-state index contributed by atoms with van der Waals surface area (Å²) < 4.78 is 10.4. The van der Waals surface area contributed by atoms with Crippen LogP contribution < -0.4 is 10.1 Å².